The number of nitrogens with zero attached hydrogens (tertiary/aromatic N) is 5. The molecule has 0 radical (unpaired) electrons. The number of morpholine rings is 1. The molecule has 1 aromatic heterocycles. The number of amides is 2. The van der Waals surface area contributed by atoms with Crippen LogP contribution in [0.3, 0.4) is 0 Å². The lowest BCUT2D eigenvalue weighted by Gasteiger charge is -2.49. The minimum Gasteiger partial charge on any atom is -0.474 e. The van der Waals surface area contributed by atoms with Gasteiger partial charge in [0.05, 0.1) is 25.8 Å². The molecule has 1 unspecified atom stereocenters. The number of ether oxygens (including phenoxy) is 2. The summed E-state index contributed by atoms with van der Waals surface area (Å²) >= 11 is 0. The highest BCUT2D eigenvalue weighted by Gasteiger charge is 2.42. The van der Waals surface area contributed by atoms with Gasteiger partial charge in [-0.3, -0.25) is 19.5 Å². The first-order valence-electron chi connectivity index (χ1n) is 16.9. The number of benzene rings is 1. The van der Waals surface area contributed by atoms with Crippen molar-refractivity contribution in [3.8, 4) is 5.88 Å². The number of anilines is 1. The van der Waals surface area contributed by atoms with E-state index in [2.05, 4.69) is 28.6 Å². The van der Waals surface area contributed by atoms with Crippen molar-refractivity contribution in [2.24, 2.45) is 5.92 Å². The monoisotopic (exact) mass is 637 g/mol. The molecule has 2 aromatic rings. The standard InChI is InChI=1S/C35H48FN5O5/c1-23-16-38(30(18-40(23)35(43)44)17-39-24(2)20-45-21-25(39)3)19-33(42)41-31-14-27(13-26-9-11-29(36)12-10-26)15-37-34(31)46-22-32(41)28-7-5-4-6-8-28/h9-12,14-15,23-25,28,30,32H,4-8,13,16-22H2,1-3H3,(H,43,44)/t23-,24-,25-,30+,32?/m1/s1. The maximum atomic E-state index is 14.7. The van der Waals surface area contributed by atoms with Gasteiger partial charge in [0.15, 0.2) is 0 Å². The molecule has 1 N–H and O–H groups in total. The van der Waals surface area contributed by atoms with Crippen molar-refractivity contribution < 1.29 is 28.6 Å². The third-order valence-corrected chi connectivity index (χ3v) is 10.5. The van der Waals surface area contributed by atoms with E-state index in [0.29, 0.717) is 63.4 Å². The fourth-order valence-electron chi connectivity index (χ4n) is 7.93. The van der Waals surface area contributed by atoms with Crippen LogP contribution in [0.15, 0.2) is 36.5 Å². The Morgan fingerprint density at radius 3 is 2.37 bits per heavy atom. The van der Waals surface area contributed by atoms with E-state index in [1.54, 1.807) is 18.3 Å². The Morgan fingerprint density at radius 1 is 0.957 bits per heavy atom. The van der Waals surface area contributed by atoms with Gasteiger partial charge in [-0.15, -0.1) is 0 Å². The smallest absolute Gasteiger partial charge is 0.407 e. The molecule has 4 heterocycles. The summed E-state index contributed by atoms with van der Waals surface area (Å²) in [5.41, 5.74) is 2.57. The van der Waals surface area contributed by atoms with Crippen LogP contribution in [0.2, 0.25) is 0 Å². The number of halogens is 1. The number of carbonyl (C=O) groups excluding carboxylic acids is 1. The van der Waals surface area contributed by atoms with Crippen LogP contribution in [-0.4, -0.2) is 113 Å². The Kier molecular flexibility index (Phi) is 10.1. The van der Waals surface area contributed by atoms with E-state index >= 15 is 0 Å². The van der Waals surface area contributed by atoms with E-state index in [4.69, 9.17) is 9.47 Å². The van der Waals surface area contributed by atoms with Crippen molar-refractivity contribution in [2.45, 2.75) is 89.5 Å². The summed E-state index contributed by atoms with van der Waals surface area (Å²) < 4.78 is 25.6. The molecule has 2 saturated heterocycles. The number of hydrogen-bond acceptors (Lipinski definition) is 7. The number of pyridine rings is 1. The molecule has 10 nitrogen and oxygen atoms in total. The van der Waals surface area contributed by atoms with Crippen molar-refractivity contribution in [3.05, 3.63) is 53.5 Å². The van der Waals surface area contributed by atoms with E-state index in [0.717, 1.165) is 36.8 Å². The van der Waals surface area contributed by atoms with Gasteiger partial charge in [-0.25, -0.2) is 14.2 Å². The predicted octanol–water partition coefficient (Wildman–Crippen LogP) is 4.65. The zero-order valence-electron chi connectivity index (χ0n) is 27.3. The predicted molar refractivity (Wildman–Crippen MR) is 173 cm³/mol. The molecular formula is C35H48FN5O5. The van der Waals surface area contributed by atoms with Crippen LogP contribution in [0.1, 0.15) is 64.0 Å². The average molecular weight is 638 g/mol. The number of fused-ring (bicyclic) bond motifs is 1. The highest BCUT2D eigenvalue weighted by atomic mass is 19.1. The summed E-state index contributed by atoms with van der Waals surface area (Å²) in [6, 6.07) is 8.39. The summed E-state index contributed by atoms with van der Waals surface area (Å²) in [5.74, 6) is 0.507. The molecule has 2 amide bonds. The first-order valence-corrected chi connectivity index (χ1v) is 16.9. The van der Waals surface area contributed by atoms with Crippen LogP contribution in [0, 0.1) is 11.7 Å². The second kappa shape index (κ2) is 14.2. The topological polar surface area (TPSA) is 98.7 Å². The lowest BCUT2D eigenvalue weighted by molar-refractivity contribution is -0.123. The lowest BCUT2D eigenvalue weighted by Crippen LogP contribution is -2.65. The van der Waals surface area contributed by atoms with Crippen molar-refractivity contribution in [2.75, 3.05) is 50.9 Å². The highest BCUT2D eigenvalue weighted by Crippen LogP contribution is 2.39. The molecule has 5 atom stereocenters. The second-order valence-corrected chi connectivity index (χ2v) is 13.8. The van der Waals surface area contributed by atoms with Crippen LogP contribution in [0.25, 0.3) is 0 Å². The van der Waals surface area contributed by atoms with Gasteiger partial charge in [-0.2, -0.15) is 0 Å². The van der Waals surface area contributed by atoms with Gasteiger partial charge in [-0.05, 0) is 75.3 Å². The second-order valence-electron chi connectivity index (χ2n) is 13.8. The number of carbonyl (C=O) groups is 2. The third kappa shape index (κ3) is 7.16. The summed E-state index contributed by atoms with van der Waals surface area (Å²) in [4.78, 5) is 39.6. The molecule has 0 bridgehead atoms. The Hall–Kier alpha value is -3.28. The van der Waals surface area contributed by atoms with Gasteiger partial charge in [-0.1, -0.05) is 31.4 Å². The Bertz CT molecular complexity index is 1360. The van der Waals surface area contributed by atoms with E-state index in [1.165, 1.54) is 23.5 Å². The Morgan fingerprint density at radius 2 is 1.67 bits per heavy atom. The minimum absolute atomic E-state index is 0.00935. The third-order valence-electron chi connectivity index (χ3n) is 10.5. The molecule has 250 valence electrons. The van der Waals surface area contributed by atoms with Crippen LogP contribution in [0.4, 0.5) is 14.9 Å². The normalized spacial score (nSPS) is 28.0. The van der Waals surface area contributed by atoms with Crippen LogP contribution in [-0.2, 0) is 16.0 Å². The van der Waals surface area contributed by atoms with Crippen LogP contribution >= 0.6 is 0 Å². The molecule has 3 aliphatic heterocycles. The van der Waals surface area contributed by atoms with E-state index < -0.39 is 6.09 Å². The Labute approximate surface area is 271 Å². The van der Waals surface area contributed by atoms with Gasteiger partial charge < -0.3 is 19.5 Å². The van der Waals surface area contributed by atoms with Crippen molar-refractivity contribution >= 4 is 17.7 Å². The summed E-state index contributed by atoms with van der Waals surface area (Å²) in [6.07, 6.45) is 7.02. The summed E-state index contributed by atoms with van der Waals surface area (Å²) in [7, 11) is 0. The molecule has 6 rings (SSSR count). The maximum Gasteiger partial charge on any atom is 0.407 e. The van der Waals surface area contributed by atoms with Gasteiger partial charge in [0.2, 0.25) is 11.8 Å². The minimum atomic E-state index is -0.925. The number of hydrogen-bond donors (Lipinski definition) is 1. The summed E-state index contributed by atoms with van der Waals surface area (Å²) in [6.45, 7) is 9.53. The molecule has 4 aliphatic rings. The van der Waals surface area contributed by atoms with Crippen molar-refractivity contribution in [1.82, 2.24) is 19.7 Å². The largest absolute Gasteiger partial charge is 0.474 e. The van der Waals surface area contributed by atoms with E-state index in [9.17, 15) is 19.1 Å². The van der Waals surface area contributed by atoms with Crippen LogP contribution < -0.4 is 9.64 Å². The highest BCUT2D eigenvalue weighted by molar-refractivity contribution is 5.97. The molecule has 3 fully saturated rings. The average Bonchev–Trinajstić information content (AvgIpc) is 3.04. The SMILES string of the molecule is C[C@@H]1CN(CC(=O)N2c3cc(Cc4ccc(F)cc4)cnc3OCC2C2CCCCC2)[C@@H](CN2[C@H](C)COC[C@H]2C)CN1C(=O)O. The molecular weight excluding hydrogens is 589 g/mol. The molecule has 0 spiro atoms. The fourth-order valence-corrected chi connectivity index (χ4v) is 7.93. The number of rotatable bonds is 7. The Balaban J connectivity index is 1.29. The lowest BCUT2D eigenvalue weighted by atomic mass is 9.83. The van der Waals surface area contributed by atoms with Crippen LogP contribution in [0.5, 0.6) is 5.88 Å². The number of piperazine rings is 1. The zero-order valence-corrected chi connectivity index (χ0v) is 27.3. The fraction of sp³-hybridized carbons (Fsp3) is 0.629. The zero-order chi connectivity index (χ0) is 32.4. The van der Waals surface area contributed by atoms with Crippen molar-refractivity contribution in [1.29, 1.82) is 0 Å². The van der Waals surface area contributed by atoms with Gasteiger partial charge >= 0.3 is 6.09 Å². The molecule has 46 heavy (non-hydrogen) atoms. The molecule has 1 aromatic carbocycles. The first-order chi connectivity index (χ1) is 22.2. The van der Waals surface area contributed by atoms with Crippen molar-refractivity contribution in [3.63, 3.8) is 0 Å². The van der Waals surface area contributed by atoms with Gasteiger partial charge in [0.25, 0.3) is 0 Å². The molecule has 1 aliphatic carbocycles. The van der Waals surface area contributed by atoms with Gasteiger partial charge in [0.1, 0.15) is 18.1 Å². The quantitative estimate of drug-likeness (QED) is 0.469. The summed E-state index contributed by atoms with van der Waals surface area (Å²) in [5, 5.41) is 10.0. The number of carboxylic acid groups (broad SMARTS) is 1. The number of aromatic nitrogens is 1. The van der Waals surface area contributed by atoms with E-state index in [-0.39, 0.29) is 48.5 Å². The molecule has 11 heteroatoms. The first kappa shape index (κ1) is 32.7. The maximum absolute atomic E-state index is 14.7. The molecule has 1 saturated carbocycles. The van der Waals surface area contributed by atoms with E-state index in [1.807, 2.05) is 17.9 Å². The van der Waals surface area contributed by atoms with Gasteiger partial charge in [0, 0.05) is 50.0 Å².